The van der Waals surface area contributed by atoms with Gasteiger partial charge in [-0.3, -0.25) is 4.79 Å². The van der Waals surface area contributed by atoms with Crippen LogP contribution in [0.15, 0.2) is 18.2 Å². The zero-order chi connectivity index (χ0) is 16.5. The minimum Gasteiger partial charge on any atom is -0.490 e. The molecule has 0 spiro atoms. The van der Waals surface area contributed by atoms with Crippen molar-refractivity contribution < 1.29 is 14.3 Å². The molecule has 5 nitrogen and oxygen atoms in total. The molecule has 2 unspecified atom stereocenters. The molecule has 4 rings (SSSR count). The average molecular weight is 330 g/mol. The lowest BCUT2D eigenvalue weighted by Crippen LogP contribution is -2.53. The Morgan fingerprint density at radius 2 is 1.75 bits per heavy atom. The van der Waals surface area contributed by atoms with Crippen LogP contribution in [0.25, 0.3) is 0 Å². The second kappa shape index (κ2) is 6.63. The van der Waals surface area contributed by atoms with Gasteiger partial charge in [0, 0.05) is 24.1 Å². The largest absolute Gasteiger partial charge is 0.490 e. The number of fused-ring (bicyclic) bond motifs is 3. The van der Waals surface area contributed by atoms with Gasteiger partial charge in [-0.2, -0.15) is 0 Å². The van der Waals surface area contributed by atoms with E-state index >= 15 is 0 Å². The van der Waals surface area contributed by atoms with Gasteiger partial charge in [0.2, 0.25) is 0 Å². The summed E-state index contributed by atoms with van der Waals surface area (Å²) >= 11 is 0. The lowest BCUT2D eigenvalue weighted by Gasteiger charge is -2.45. The molecule has 1 heterocycles. The highest BCUT2D eigenvalue weighted by Gasteiger charge is 2.40. The highest BCUT2D eigenvalue weighted by Crippen LogP contribution is 2.40. The van der Waals surface area contributed by atoms with Crippen LogP contribution in [0, 0.1) is 11.8 Å². The van der Waals surface area contributed by atoms with Crippen molar-refractivity contribution in [1.29, 1.82) is 0 Å². The van der Waals surface area contributed by atoms with Gasteiger partial charge in [0.05, 0.1) is 13.2 Å². The molecule has 1 amide bonds. The van der Waals surface area contributed by atoms with Gasteiger partial charge in [-0.1, -0.05) is 6.42 Å². The predicted molar refractivity (Wildman–Crippen MR) is 91.3 cm³/mol. The number of hydrogen-bond donors (Lipinski definition) is 2. The van der Waals surface area contributed by atoms with Crippen molar-refractivity contribution in [2.24, 2.45) is 17.6 Å². The molecule has 130 valence electrons. The summed E-state index contributed by atoms with van der Waals surface area (Å²) in [5.74, 6) is 2.44. The molecule has 2 saturated carbocycles. The third kappa shape index (κ3) is 3.09. The van der Waals surface area contributed by atoms with Crippen LogP contribution in [0.3, 0.4) is 0 Å². The monoisotopic (exact) mass is 330 g/mol. The molecular weight excluding hydrogens is 304 g/mol. The Morgan fingerprint density at radius 3 is 2.50 bits per heavy atom. The maximum atomic E-state index is 12.8. The first-order valence-corrected chi connectivity index (χ1v) is 9.17. The van der Waals surface area contributed by atoms with Crippen molar-refractivity contribution in [2.75, 3.05) is 13.2 Å². The Hall–Kier alpha value is -1.75. The van der Waals surface area contributed by atoms with Crippen molar-refractivity contribution in [3.8, 4) is 11.5 Å². The van der Waals surface area contributed by atoms with E-state index in [0.717, 1.165) is 25.0 Å². The lowest BCUT2D eigenvalue weighted by atomic mass is 9.67. The standard InChI is InChI=1S/C19H26N2O3/c20-15-9-12-3-1-4-13(10-15)18(12)21-19(22)14-5-6-16-17(11-14)24-8-2-7-23-16/h5-6,11-13,15,18H,1-4,7-10,20H2,(H,21,22). The topological polar surface area (TPSA) is 73.6 Å². The second-order valence-electron chi connectivity index (χ2n) is 7.39. The molecule has 24 heavy (non-hydrogen) atoms. The fourth-order valence-electron chi connectivity index (χ4n) is 4.56. The van der Waals surface area contributed by atoms with Gasteiger partial charge in [0.15, 0.2) is 11.5 Å². The number of hydrogen-bond acceptors (Lipinski definition) is 4. The molecule has 0 aromatic heterocycles. The smallest absolute Gasteiger partial charge is 0.251 e. The number of nitrogens with two attached hydrogens (primary N) is 1. The normalized spacial score (nSPS) is 31.9. The highest BCUT2D eigenvalue weighted by atomic mass is 16.5. The van der Waals surface area contributed by atoms with Crippen LogP contribution in [0.5, 0.6) is 11.5 Å². The first kappa shape index (κ1) is 15.8. The van der Waals surface area contributed by atoms with Crippen LogP contribution >= 0.6 is 0 Å². The van der Waals surface area contributed by atoms with Crippen LogP contribution in [0.2, 0.25) is 0 Å². The molecule has 1 aliphatic heterocycles. The first-order chi connectivity index (χ1) is 11.7. The molecule has 0 radical (unpaired) electrons. The van der Waals surface area contributed by atoms with Crippen LogP contribution < -0.4 is 20.5 Å². The van der Waals surface area contributed by atoms with Gasteiger partial charge in [-0.05, 0) is 55.7 Å². The number of amides is 1. The van der Waals surface area contributed by atoms with Crippen molar-refractivity contribution in [1.82, 2.24) is 5.32 Å². The van der Waals surface area contributed by atoms with Gasteiger partial charge < -0.3 is 20.5 Å². The molecule has 1 aromatic rings. The zero-order valence-corrected chi connectivity index (χ0v) is 14.0. The van der Waals surface area contributed by atoms with Crippen LogP contribution in [-0.4, -0.2) is 31.2 Å². The number of ether oxygens (including phenoxy) is 2. The van der Waals surface area contributed by atoms with Crippen molar-refractivity contribution in [3.63, 3.8) is 0 Å². The van der Waals surface area contributed by atoms with Gasteiger partial charge >= 0.3 is 0 Å². The fourth-order valence-corrected chi connectivity index (χ4v) is 4.56. The summed E-state index contributed by atoms with van der Waals surface area (Å²) < 4.78 is 11.3. The Morgan fingerprint density at radius 1 is 1.04 bits per heavy atom. The molecule has 3 N–H and O–H groups in total. The summed E-state index contributed by atoms with van der Waals surface area (Å²) in [7, 11) is 0. The Kier molecular flexibility index (Phi) is 4.35. The Bertz CT molecular complexity index is 605. The number of rotatable bonds is 2. The summed E-state index contributed by atoms with van der Waals surface area (Å²) in [6.07, 6.45) is 6.54. The van der Waals surface area contributed by atoms with E-state index < -0.39 is 0 Å². The summed E-state index contributed by atoms with van der Waals surface area (Å²) in [5.41, 5.74) is 6.82. The quantitative estimate of drug-likeness (QED) is 0.874. The van der Waals surface area contributed by atoms with E-state index in [2.05, 4.69) is 5.32 Å². The van der Waals surface area contributed by atoms with E-state index in [0.29, 0.717) is 42.4 Å². The van der Waals surface area contributed by atoms with E-state index in [9.17, 15) is 4.79 Å². The van der Waals surface area contributed by atoms with E-state index in [-0.39, 0.29) is 11.9 Å². The predicted octanol–water partition coefficient (Wildman–Crippen LogP) is 2.48. The SMILES string of the molecule is NC1CC2CCCC(C1)C2NC(=O)c1ccc2c(c1)OCCCO2. The third-order valence-electron chi connectivity index (χ3n) is 5.68. The summed E-state index contributed by atoms with van der Waals surface area (Å²) in [6, 6.07) is 6.04. The Labute approximate surface area is 142 Å². The van der Waals surface area contributed by atoms with Crippen molar-refractivity contribution in [3.05, 3.63) is 23.8 Å². The van der Waals surface area contributed by atoms with Crippen LogP contribution in [-0.2, 0) is 0 Å². The number of benzene rings is 1. The molecule has 2 atom stereocenters. The van der Waals surface area contributed by atoms with E-state index in [1.165, 1.54) is 19.3 Å². The number of carbonyl (C=O) groups is 1. The van der Waals surface area contributed by atoms with Crippen molar-refractivity contribution >= 4 is 5.91 Å². The number of carbonyl (C=O) groups excluding carboxylic acids is 1. The minimum absolute atomic E-state index is 0.0111. The van der Waals surface area contributed by atoms with Crippen LogP contribution in [0.4, 0.5) is 0 Å². The second-order valence-corrected chi connectivity index (χ2v) is 7.39. The highest BCUT2D eigenvalue weighted by molar-refractivity contribution is 5.95. The molecule has 2 bridgehead atoms. The molecule has 2 aliphatic carbocycles. The Balaban J connectivity index is 1.49. The first-order valence-electron chi connectivity index (χ1n) is 9.17. The summed E-state index contributed by atoms with van der Waals surface area (Å²) in [4.78, 5) is 12.8. The lowest BCUT2D eigenvalue weighted by molar-refractivity contribution is 0.0755. The maximum Gasteiger partial charge on any atom is 0.251 e. The summed E-state index contributed by atoms with van der Waals surface area (Å²) in [6.45, 7) is 1.28. The van der Waals surface area contributed by atoms with E-state index in [4.69, 9.17) is 15.2 Å². The van der Waals surface area contributed by atoms with Gasteiger partial charge in [0.25, 0.3) is 5.91 Å². The van der Waals surface area contributed by atoms with Crippen molar-refractivity contribution in [2.45, 2.75) is 50.6 Å². The van der Waals surface area contributed by atoms with Gasteiger partial charge in [0.1, 0.15) is 0 Å². The zero-order valence-electron chi connectivity index (χ0n) is 14.0. The van der Waals surface area contributed by atoms with Crippen LogP contribution in [0.1, 0.15) is 48.9 Å². The molecule has 5 heteroatoms. The molecule has 1 aromatic carbocycles. The van der Waals surface area contributed by atoms with Gasteiger partial charge in [-0.15, -0.1) is 0 Å². The van der Waals surface area contributed by atoms with E-state index in [1.54, 1.807) is 6.07 Å². The average Bonchev–Trinajstić information content (AvgIpc) is 2.80. The van der Waals surface area contributed by atoms with Gasteiger partial charge in [-0.25, -0.2) is 0 Å². The third-order valence-corrected chi connectivity index (χ3v) is 5.68. The van der Waals surface area contributed by atoms with E-state index in [1.807, 2.05) is 12.1 Å². The molecular formula is C19H26N2O3. The molecule has 2 fully saturated rings. The summed E-state index contributed by atoms with van der Waals surface area (Å²) in [5, 5.41) is 3.29. The molecule has 0 saturated heterocycles. The minimum atomic E-state index is -0.0111. The number of nitrogens with one attached hydrogen (secondary N) is 1. The molecule has 3 aliphatic rings. The maximum absolute atomic E-state index is 12.8. The fraction of sp³-hybridized carbons (Fsp3) is 0.632.